The van der Waals surface area contributed by atoms with E-state index in [1.54, 1.807) is 0 Å². The number of nitrogens with zero attached hydrogens (tertiary/aromatic N) is 3. The van der Waals surface area contributed by atoms with E-state index in [-0.39, 0.29) is 12.0 Å². The number of nitrogens with one attached hydrogen (secondary N) is 2. The van der Waals surface area contributed by atoms with Crippen LogP contribution < -0.4 is 15.4 Å². The zero-order valence-corrected chi connectivity index (χ0v) is 19.6. The van der Waals surface area contributed by atoms with E-state index in [2.05, 4.69) is 34.1 Å². The topological polar surface area (TPSA) is 79.4 Å². The van der Waals surface area contributed by atoms with Crippen molar-refractivity contribution in [3.63, 3.8) is 0 Å². The summed E-state index contributed by atoms with van der Waals surface area (Å²) in [6.07, 6.45) is 4.35. The highest BCUT2D eigenvalue weighted by molar-refractivity contribution is 6.00. The van der Waals surface area contributed by atoms with Crippen LogP contribution >= 0.6 is 0 Å². The van der Waals surface area contributed by atoms with Crippen LogP contribution in [0.1, 0.15) is 6.42 Å². The number of likely N-dealkylation sites (tertiary alicyclic amines) is 1. The molecule has 7 heteroatoms. The van der Waals surface area contributed by atoms with E-state index in [1.165, 1.54) is 6.08 Å². The molecule has 2 N–H and O–H groups in total. The van der Waals surface area contributed by atoms with E-state index in [9.17, 15) is 4.79 Å². The van der Waals surface area contributed by atoms with Gasteiger partial charge in [-0.2, -0.15) is 0 Å². The van der Waals surface area contributed by atoms with Crippen LogP contribution in [0.15, 0.2) is 85.6 Å². The van der Waals surface area contributed by atoms with Gasteiger partial charge in [-0.3, -0.25) is 4.79 Å². The van der Waals surface area contributed by atoms with Crippen LogP contribution in [0, 0.1) is 0 Å². The van der Waals surface area contributed by atoms with Gasteiger partial charge in [-0.25, -0.2) is 9.97 Å². The number of fused-ring (bicyclic) bond motifs is 1. The molecule has 1 atom stereocenters. The number of benzene rings is 3. The van der Waals surface area contributed by atoms with Gasteiger partial charge in [-0.05, 0) is 61.5 Å². The summed E-state index contributed by atoms with van der Waals surface area (Å²) < 4.78 is 6.08. The standard InChI is InChI=1S/C28H27N5O2/c1-3-26(34)30-22-8-4-6-19(16-22)25-9-5-7-20-17-29-28(32-27(20)25)31-21-10-12-23(13-11-21)35-24-14-15-33(2)18-24/h3-13,16-17,24H,1,14-15,18H2,2H3,(H,30,34)(H,29,31,32). The van der Waals surface area contributed by atoms with E-state index >= 15 is 0 Å². The summed E-state index contributed by atoms with van der Waals surface area (Å²) in [7, 11) is 2.11. The lowest BCUT2D eigenvalue weighted by Crippen LogP contribution is -2.21. The molecule has 0 saturated carbocycles. The summed E-state index contributed by atoms with van der Waals surface area (Å²) in [5.74, 6) is 1.12. The monoisotopic (exact) mass is 465 g/mol. The lowest BCUT2D eigenvalue weighted by atomic mass is 10.0. The smallest absolute Gasteiger partial charge is 0.247 e. The van der Waals surface area contributed by atoms with E-state index < -0.39 is 0 Å². The number of hydrogen-bond donors (Lipinski definition) is 2. The van der Waals surface area contributed by atoms with Crippen LogP contribution in [0.25, 0.3) is 22.0 Å². The van der Waals surface area contributed by atoms with E-state index in [0.29, 0.717) is 11.6 Å². The molecule has 0 radical (unpaired) electrons. The molecule has 5 rings (SSSR count). The Labute approximate surface area is 204 Å². The highest BCUT2D eigenvalue weighted by atomic mass is 16.5. The number of likely N-dealkylation sites (N-methyl/N-ethyl adjacent to an activating group) is 1. The third kappa shape index (κ3) is 5.31. The average molecular weight is 466 g/mol. The Hall–Kier alpha value is -4.23. The SMILES string of the molecule is C=CC(=O)Nc1cccc(-c2cccc3cnc(Nc4ccc(OC5CCN(C)C5)cc4)nc23)c1. The molecule has 0 spiro atoms. The highest BCUT2D eigenvalue weighted by Gasteiger charge is 2.20. The number of ether oxygens (including phenoxy) is 1. The van der Waals surface area contributed by atoms with Gasteiger partial charge in [-0.15, -0.1) is 0 Å². The average Bonchev–Trinajstić information content (AvgIpc) is 3.29. The largest absolute Gasteiger partial charge is 0.489 e. The lowest BCUT2D eigenvalue weighted by molar-refractivity contribution is -0.111. The zero-order chi connectivity index (χ0) is 24.2. The van der Waals surface area contributed by atoms with Crippen LogP contribution in [-0.4, -0.2) is 47.0 Å². The van der Waals surface area contributed by atoms with Crippen molar-refractivity contribution in [3.8, 4) is 16.9 Å². The van der Waals surface area contributed by atoms with Crippen LogP contribution in [0.4, 0.5) is 17.3 Å². The first-order valence-corrected chi connectivity index (χ1v) is 11.6. The molecule has 1 fully saturated rings. The van der Waals surface area contributed by atoms with Crippen LogP contribution in [0.3, 0.4) is 0 Å². The Morgan fingerprint density at radius 1 is 1.11 bits per heavy atom. The molecule has 7 nitrogen and oxygen atoms in total. The van der Waals surface area contributed by atoms with Gasteiger partial charge in [0.2, 0.25) is 11.9 Å². The molecule has 0 aliphatic carbocycles. The minimum absolute atomic E-state index is 0.240. The van der Waals surface area contributed by atoms with Crippen molar-refractivity contribution < 1.29 is 9.53 Å². The normalized spacial score (nSPS) is 15.6. The Morgan fingerprint density at radius 3 is 2.71 bits per heavy atom. The van der Waals surface area contributed by atoms with Gasteiger partial charge in [0.05, 0.1) is 5.52 Å². The van der Waals surface area contributed by atoms with Crippen molar-refractivity contribution in [2.45, 2.75) is 12.5 Å². The van der Waals surface area contributed by atoms with Crippen LogP contribution in [0.2, 0.25) is 0 Å². The third-order valence-electron chi connectivity index (χ3n) is 6.00. The second-order valence-electron chi connectivity index (χ2n) is 8.65. The van der Waals surface area contributed by atoms with Crippen LogP contribution in [-0.2, 0) is 4.79 Å². The Balaban J connectivity index is 1.37. The zero-order valence-electron chi connectivity index (χ0n) is 19.6. The third-order valence-corrected chi connectivity index (χ3v) is 6.00. The first kappa shape index (κ1) is 22.6. The fraction of sp³-hybridized carbons (Fsp3) is 0.179. The molecule has 2 heterocycles. The second kappa shape index (κ2) is 9.95. The number of hydrogen-bond acceptors (Lipinski definition) is 6. The van der Waals surface area contributed by atoms with Crippen molar-refractivity contribution >= 4 is 34.1 Å². The maximum atomic E-state index is 11.7. The van der Waals surface area contributed by atoms with Gasteiger partial charge >= 0.3 is 0 Å². The molecule has 1 amide bonds. The summed E-state index contributed by atoms with van der Waals surface area (Å²) in [5.41, 5.74) is 4.30. The van der Waals surface area contributed by atoms with Crippen molar-refractivity contribution in [2.24, 2.45) is 0 Å². The molecule has 0 bridgehead atoms. The molecule has 4 aromatic rings. The van der Waals surface area contributed by atoms with Gasteiger partial charge in [-0.1, -0.05) is 36.9 Å². The van der Waals surface area contributed by atoms with E-state index in [4.69, 9.17) is 9.72 Å². The number of aromatic nitrogens is 2. The molecular formula is C28H27N5O2. The quantitative estimate of drug-likeness (QED) is 0.363. The van der Waals surface area contributed by atoms with Crippen LogP contribution in [0.5, 0.6) is 5.75 Å². The van der Waals surface area contributed by atoms with Crippen molar-refractivity contribution in [1.29, 1.82) is 0 Å². The molecule has 1 aliphatic heterocycles. The maximum Gasteiger partial charge on any atom is 0.247 e. The number of para-hydroxylation sites is 1. The van der Waals surface area contributed by atoms with E-state index in [1.807, 2.05) is 72.9 Å². The van der Waals surface area contributed by atoms with Gasteiger partial charge < -0.3 is 20.3 Å². The van der Waals surface area contributed by atoms with Gasteiger partial charge in [0, 0.05) is 41.6 Å². The number of carbonyl (C=O) groups excluding carboxylic acids is 1. The number of anilines is 3. The molecule has 35 heavy (non-hydrogen) atoms. The summed E-state index contributed by atoms with van der Waals surface area (Å²) in [6.45, 7) is 5.53. The minimum Gasteiger partial charge on any atom is -0.489 e. The summed E-state index contributed by atoms with van der Waals surface area (Å²) in [5, 5.41) is 7.03. The number of amides is 1. The molecule has 176 valence electrons. The highest BCUT2D eigenvalue weighted by Crippen LogP contribution is 2.30. The van der Waals surface area contributed by atoms with Gasteiger partial charge in [0.15, 0.2) is 0 Å². The fourth-order valence-corrected chi connectivity index (χ4v) is 4.24. The number of carbonyl (C=O) groups is 1. The lowest BCUT2D eigenvalue weighted by Gasteiger charge is -2.14. The molecule has 1 aromatic heterocycles. The Morgan fingerprint density at radius 2 is 1.94 bits per heavy atom. The van der Waals surface area contributed by atoms with Crippen molar-refractivity contribution in [1.82, 2.24) is 14.9 Å². The number of rotatable bonds is 7. The summed E-state index contributed by atoms with van der Waals surface area (Å²) >= 11 is 0. The predicted octanol–water partition coefficient (Wildman–Crippen LogP) is 5.25. The van der Waals surface area contributed by atoms with Gasteiger partial charge in [0.1, 0.15) is 11.9 Å². The fourth-order valence-electron chi connectivity index (χ4n) is 4.24. The maximum absolute atomic E-state index is 11.7. The minimum atomic E-state index is -0.249. The predicted molar refractivity (Wildman–Crippen MR) is 140 cm³/mol. The van der Waals surface area contributed by atoms with Crippen molar-refractivity contribution in [3.05, 3.63) is 85.6 Å². The molecule has 1 aliphatic rings. The summed E-state index contributed by atoms with van der Waals surface area (Å²) in [4.78, 5) is 23.3. The van der Waals surface area contributed by atoms with E-state index in [0.717, 1.165) is 53.0 Å². The second-order valence-corrected chi connectivity index (χ2v) is 8.65. The molecule has 1 unspecified atom stereocenters. The molecular weight excluding hydrogens is 438 g/mol. The molecule has 1 saturated heterocycles. The first-order chi connectivity index (χ1) is 17.1. The Bertz CT molecular complexity index is 1370. The summed E-state index contributed by atoms with van der Waals surface area (Å²) in [6, 6.07) is 21.5. The first-order valence-electron chi connectivity index (χ1n) is 11.6. The Kier molecular flexibility index (Phi) is 6.41. The molecule has 3 aromatic carbocycles. The van der Waals surface area contributed by atoms with Crippen molar-refractivity contribution in [2.75, 3.05) is 30.8 Å². The van der Waals surface area contributed by atoms with Gasteiger partial charge in [0.25, 0.3) is 0 Å².